The van der Waals surface area contributed by atoms with Gasteiger partial charge in [-0.2, -0.15) is 0 Å². The van der Waals surface area contributed by atoms with Crippen molar-refractivity contribution in [2.75, 3.05) is 10.7 Å². The summed E-state index contributed by atoms with van der Waals surface area (Å²) in [5, 5.41) is 0.570. The Hall–Kier alpha value is -2.08. The van der Waals surface area contributed by atoms with Gasteiger partial charge in [0.25, 0.3) is 0 Å². The number of amides is 2. The number of ketones is 1. The average molecular weight is 387 g/mol. The van der Waals surface area contributed by atoms with Crippen LogP contribution in [0.25, 0.3) is 0 Å². The summed E-state index contributed by atoms with van der Waals surface area (Å²) in [4.78, 5) is 41.5. The zero-order chi connectivity index (χ0) is 19.9. The number of allylic oxidation sites excluding steroid dienone is 1. The van der Waals surface area contributed by atoms with Crippen LogP contribution in [0.5, 0.6) is 0 Å². The highest BCUT2D eigenvalue weighted by atomic mass is 32.2. The van der Waals surface area contributed by atoms with Gasteiger partial charge in [0.15, 0.2) is 5.78 Å². The van der Waals surface area contributed by atoms with Gasteiger partial charge in [-0.25, -0.2) is 0 Å². The van der Waals surface area contributed by atoms with Gasteiger partial charge in [0.05, 0.1) is 10.8 Å². The number of rotatable bonds is 3. The van der Waals surface area contributed by atoms with E-state index in [9.17, 15) is 14.4 Å². The first-order valence-corrected chi connectivity index (χ1v) is 10.2. The molecule has 2 amide bonds. The molecule has 0 N–H and O–H groups in total. The number of hydrogen-bond donors (Lipinski definition) is 0. The highest BCUT2D eigenvalue weighted by Crippen LogP contribution is 2.36. The Bertz CT molecular complexity index is 825. The molecule has 3 rings (SSSR count). The first-order valence-electron chi connectivity index (χ1n) is 9.23. The van der Waals surface area contributed by atoms with E-state index in [1.54, 1.807) is 11.8 Å². The van der Waals surface area contributed by atoms with Crippen LogP contribution in [0.2, 0.25) is 0 Å². The van der Waals surface area contributed by atoms with Crippen molar-refractivity contribution in [1.82, 2.24) is 4.90 Å². The van der Waals surface area contributed by atoms with E-state index in [-0.39, 0.29) is 29.4 Å². The van der Waals surface area contributed by atoms with E-state index in [0.717, 1.165) is 17.7 Å². The van der Waals surface area contributed by atoms with Gasteiger partial charge in [-0.3, -0.25) is 19.3 Å². The van der Waals surface area contributed by atoms with Gasteiger partial charge >= 0.3 is 0 Å². The Morgan fingerprint density at radius 3 is 2.59 bits per heavy atom. The smallest absolute Gasteiger partial charge is 0.250 e. The molecule has 1 aromatic carbocycles. The van der Waals surface area contributed by atoms with Crippen molar-refractivity contribution in [3.63, 3.8) is 0 Å². The van der Waals surface area contributed by atoms with Crippen LogP contribution in [0.3, 0.4) is 0 Å². The minimum Gasteiger partial charge on any atom is -0.307 e. The normalized spacial score (nSPS) is 22.3. The number of carbonyl (C=O) groups excluding carboxylic acids is 3. The lowest BCUT2D eigenvalue weighted by atomic mass is 9.91. The van der Waals surface area contributed by atoms with Crippen LogP contribution in [-0.2, 0) is 20.8 Å². The molecule has 6 heteroatoms. The number of benzene rings is 1. The Labute approximate surface area is 164 Å². The first kappa shape index (κ1) is 19.7. The van der Waals surface area contributed by atoms with Gasteiger partial charge in [0.1, 0.15) is 6.04 Å². The molecule has 0 spiro atoms. The standard InChI is InChI=1S/C21H26N2O3S/c1-13-10-15-8-6-7-9-16(15)22(13)20(26)14(2)23-18(25)12-27-19(23)11-17(24)21(3,4)5/h6-9,11,13-14H,10,12H2,1-5H3/b19-11-. The predicted molar refractivity (Wildman–Crippen MR) is 108 cm³/mol. The van der Waals surface area contributed by atoms with Gasteiger partial charge in [-0.15, -0.1) is 0 Å². The number of anilines is 1. The van der Waals surface area contributed by atoms with Crippen molar-refractivity contribution in [3.8, 4) is 0 Å². The molecule has 1 saturated heterocycles. The first-order chi connectivity index (χ1) is 12.6. The van der Waals surface area contributed by atoms with Crippen molar-refractivity contribution in [3.05, 3.63) is 40.9 Å². The fraction of sp³-hybridized carbons (Fsp3) is 0.476. The zero-order valence-corrected chi connectivity index (χ0v) is 17.3. The van der Waals surface area contributed by atoms with Gasteiger partial charge < -0.3 is 4.90 Å². The van der Waals surface area contributed by atoms with Crippen molar-refractivity contribution < 1.29 is 14.4 Å². The van der Waals surface area contributed by atoms with E-state index in [4.69, 9.17) is 0 Å². The molecule has 2 aliphatic heterocycles. The molecule has 5 nitrogen and oxygen atoms in total. The Kier molecular flexibility index (Phi) is 5.21. The maximum Gasteiger partial charge on any atom is 0.250 e. The fourth-order valence-corrected chi connectivity index (χ4v) is 4.46. The topological polar surface area (TPSA) is 57.7 Å². The summed E-state index contributed by atoms with van der Waals surface area (Å²) in [6, 6.07) is 7.28. The molecule has 0 bridgehead atoms. The number of carbonyl (C=O) groups is 3. The molecule has 2 heterocycles. The second-order valence-electron chi connectivity index (χ2n) is 8.22. The largest absolute Gasteiger partial charge is 0.307 e. The predicted octanol–water partition coefficient (Wildman–Crippen LogP) is 3.38. The van der Waals surface area contributed by atoms with E-state index in [2.05, 4.69) is 0 Å². The third-order valence-electron chi connectivity index (χ3n) is 5.03. The highest BCUT2D eigenvalue weighted by molar-refractivity contribution is 8.04. The minimum absolute atomic E-state index is 0.0475. The second kappa shape index (κ2) is 7.15. The van der Waals surface area contributed by atoms with Gasteiger partial charge in [0, 0.05) is 23.2 Å². The van der Waals surface area contributed by atoms with Crippen LogP contribution in [-0.4, -0.2) is 40.3 Å². The molecule has 2 unspecified atom stereocenters. The number of fused-ring (bicyclic) bond motifs is 1. The third kappa shape index (κ3) is 3.68. The summed E-state index contributed by atoms with van der Waals surface area (Å²) in [6.45, 7) is 9.29. The van der Waals surface area contributed by atoms with Crippen molar-refractivity contribution in [2.45, 2.75) is 53.1 Å². The van der Waals surface area contributed by atoms with Crippen LogP contribution >= 0.6 is 11.8 Å². The lowest BCUT2D eigenvalue weighted by molar-refractivity contribution is -0.133. The summed E-state index contributed by atoms with van der Waals surface area (Å²) in [7, 11) is 0. The summed E-state index contributed by atoms with van der Waals surface area (Å²) in [6.07, 6.45) is 2.32. The molecule has 2 atom stereocenters. The number of para-hydroxylation sites is 1. The third-order valence-corrected chi connectivity index (χ3v) is 6.03. The number of nitrogens with zero attached hydrogens (tertiary/aromatic N) is 2. The molecule has 27 heavy (non-hydrogen) atoms. The SMILES string of the molecule is CC(C(=O)N1c2ccccc2CC1C)N1C(=O)CS/C1=C\C(=O)C(C)(C)C. The Morgan fingerprint density at radius 1 is 1.26 bits per heavy atom. The van der Waals surface area contributed by atoms with Crippen molar-refractivity contribution in [1.29, 1.82) is 0 Å². The summed E-state index contributed by atoms with van der Waals surface area (Å²) >= 11 is 1.32. The summed E-state index contributed by atoms with van der Waals surface area (Å²) in [5.74, 6) is -0.0388. The molecular weight excluding hydrogens is 360 g/mol. The van der Waals surface area contributed by atoms with Crippen LogP contribution in [0, 0.1) is 5.41 Å². The fourth-order valence-electron chi connectivity index (χ4n) is 3.46. The number of thioether (sulfide) groups is 1. The van der Waals surface area contributed by atoms with Crippen LogP contribution in [0.1, 0.15) is 40.2 Å². The summed E-state index contributed by atoms with van der Waals surface area (Å²) in [5.41, 5.74) is 1.53. The average Bonchev–Trinajstić information content (AvgIpc) is 3.11. The van der Waals surface area contributed by atoms with E-state index in [1.165, 1.54) is 22.7 Å². The van der Waals surface area contributed by atoms with Gasteiger partial charge in [-0.1, -0.05) is 50.7 Å². The van der Waals surface area contributed by atoms with Crippen molar-refractivity contribution >= 4 is 35.0 Å². The minimum atomic E-state index is -0.653. The van der Waals surface area contributed by atoms with Crippen LogP contribution in [0.4, 0.5) is 5.69 Å². The molecule has 0 aromatic heterocycles. The van der Waals surface area contributed by atoms with Crippen LogP contribution in [0.15, 0.2) is 35.4 Å². The molecule has 144 valence electrons. The molecule has 0 saturated carbocycles. The maximum atomic E-state index is 13.3. The van der Waals surface area contributed by atoms with E-state index < -0.39 is 11.5 Å². The molecule has 1 aromatic rings. The lowest BCUT2D eigenvalue weighted by Crippen LogP contribution is -2.49. The summed E-state index contributed by atoms with van der Waals surface area (Å²) < 4.78 is 0. The molecular formula is C21H26N2O3S. The van der Waals surface area contributed by atoms with Crippen LogP contribution < -0.4 is 4.90 Å². The van der Waals surface area contributed by atoms with E-state index >= 15 is 0 Å². The maximum absolute atomic E-state index is 13.3. The Morgan fingerprint density at radius 2 is 1.93 bits per heavy atom. The molecule has 0 aliphatic carbocycles. The van der Waals surface area contributed by atoms with E-state index in [1.807, 2.05) is 52.0 Å². The molecule has 1 fully saturated rings. The van der Waals surface area contributed by atoms with Gasteiger partial charge in [-0.05, 0) is 31.9 Å². The molecule has 2 aliphatic rings. The lowest BCUT2D eigenvalue weighted by Gasteiger charge is -2.31. The molecule has 0 radical (unpaired) electrons. The quantitative estimate of drug-likeness (QED) is 0.747. The number of hydrogen-bond acceptors (Lipinski definition) is 4. The van der Waals surface area contributed by atoms with Crippen molar-refractivity contribution in [2.24, 2.45) is 5.41 Å². The second-order valence-corrected chi connectivity index (χ2v) is 9.21. The highest BCUT2D eigenvalue weighted by Gasteiger charge is 2.40. The monoisotopic (exact) mass is 386 g/mol. The van der Waals surface area contributed by atoms with E-state index in [0.29, 0.717) is 5.03 Å². The Balaban J connectivity index is 1.88. The zero-order valence-electron chi connectivity index (χ0n) is 16.5. The van der Waals surface area contributed by atoms with Gasteiger partial charge in [0.2, 0.25) is 11.8 Å².